The molecule has 26 heteroatoms. The number of nitro groups is 6. The minimum Gasteiger partial charge on any atom is -0.375 e. The second kappa shape index (κ2) is 17.3. The van der Waals surface area contributed by atoms with E-state index in [1.165, 1.54) is 0 Å². The van der Waals surface area contributed by atoms with Gasteiger partial charge in [0.1, 0.15) is 0 Å². The molecule has 0 saturated carbocycles. The van der Waals surface area contributed by atoms with Gasteiger partial charge in [-0.15, -0.1) is 11.3 Å². The van der Waals surface area contributed by atoms with Crippen LogP contribution in [0.25, 0.3) is 0 Å². The maximum absolute atomic E-state index is 12.1. The van der Waals surface area contributed by atoms with Gasteiger partial charge in [-0.2, -0.15) is 10.1 Å². The molecule has 25 nitrogen and oxygen atoms in total. The third kappa shape index (κ3) is 9.83. The summed E-state index contributed by atoms with van der Waals surface area (Å²) in [6.07, 6.45) is 0.526. The van der Waals surface area contributed by atoms with Crippen LogP contribution in [-0.2, 0) is 12.8 Å². The molecule has 0 spiro atoms. The number of hydroxylamine groups is 4. The van der Waals surface area contributed by atoms with Crippen molar-refractivity contribution in [1.29, 1.82) is 5.41 Å². The summed E-state index contributed by atoms with van der Waals surface area (Å²) in [5, 5.41) is 81.7. The zero-order valence-electron chi connectivity index (χ0n) is 28.2. The van der Waals surface area contributed by atoms with E-state index < -0.39 is 94.2 Å². The molecule has 4 rings (SSSR count). The molecule has 288 valence electrons. The van der Waals surface area contributed by atoms with Crippen molar-refractivity contribution in [3.63, 3.8) is 0 Å². The van der Waals surface area contributed by atoms with E-state index in [2.05, 4.69) is 4.98 Å². The summed E-state index contributed by atoms with van der Waals surface area (Å²) in [6, 6.07) is 10.3. The Bertz CT molecular complexity index is 2110. The Morgan fingerprint density at radius 2 is 1.09 bits per heavy atom. The van der Waals surface area contributed by atoms with Crippen molar-refractivity contribution in [1.82, 2.24) is 15.1 Å². The molecular formula is C29H27N11O14S. The summed E-state index contributed by atoms with van der Waals surface area (Å²) >= 11 is 1.12. The van der Waals surface area contributed by atoms with Gasteiger partial charge in [0.05, 0.1) is 72.6 Å². The Morgan fingerprint density at radius 1 is 0.691 bits per heavy atom. The molecule has 0 atom stereocenters. The van der Waals surface area contributed by atoms with Gasteiger partial charge in [0, 0.05) is 4.88 Å². The zero-order chi connectivity index (χ0) is 40.6. The average Bonchev–Trinajstić information content (AvgIpc) is 3.45. The molecule has 0 fully saturated rings. The summed E-state index contributed by atoms with van der Waals surface area (Å²) in [7, 11) is 0. The lowest BCUT2D eigenvalue weighted by molar-refractivity contribution is -0.405. The normalized spacial score (nSPS) is 10.6. The average molecular weight is 786 g/mol. The first kappa shape index (κ1) is 40.1. The number of aryl methyl sites for hydroxylation is 3. The third-order valence-electron chi connectivity index (χ3n) is 7.50. The van der Waals surface area contributed by atoms with Crippen LogP contribution in [0.5, 0.6) is 11.5 Å². The number of rotatable bonds is 18. The predicted molar refractivity (Wildman–Crippen MR) is 190 cm³/mol. The molecule has 55 heavy (non-hydrogen) atoms. The number of nitro benzene ring substituents is 6. The number of aromatic nitrogens is 1. The number of hydrogen-bond donors (Lipinski definition) is 2. The highest BCUT2D eigenvalue weighted by Gasteiger charge is 2.38. The van der Waals surface area contributed by atoms with Crippen LogP contribution in [0.3, 0.4) is 0 Å². The van der Waals surface area contributed by atoms with Crippen LogP contribution in [-0.4, -0.2) is 63.7 Å². The SMILES string of the molecule is Cc1nc(N)sc1CCCN(Oc1c([N+](=O)[O-])cc([N+](=O)[O-])cc1[N+](=O)[O-])C(=N)N(CCCc1ccccc1)Oc1c([N+](=O)[O-])cc([N+](=O)[O-])cc1[N+](=O)[O-]. The lowest BCUT2D eigenvalue weighted by Crippen LogP contribution is -2.48. The van der Waals surface area contributed by atoms with Crippen molar-refractivity contribution in [2.24, 2.45) is 0 Å². The smallest absolute Gasteiger partial charge is 0.328 e. The Balaban J connectivity index is 1.86. The van der Waals surface area contributed by atoms with E-state index in [0.717, 1.165) is 16.9 Å². The van der Waals surface area contributed by atoms with Crippen molar-refractivity contribution in [2.75, 3.05) is 18.8 Å². The Labute approximate surface area is 310 Å². The van der Waals surface area contributed by atoms with Crippen LogP contribution in [0, 0.1) is 73.0 Å². The molecule has 3 N–H and O–H groups in total. The molecule has 0 amide bonds. The lowest BCUT2D eigenvalue weighted by atomic mass is 10.1. The number of nitrogens with zero attached hydrogens (tertiary/aromatic N) is 9. The highest BCUT2D eigenvalue weighted by molar-refractivity contribution is 7.15. The second-order valence-corrected chi connectivity index (χ2v) is 12.2. The summed E-state index contributed by atoms with van der Waals surface area (Å²) in [4.78, 5) is 80.3. The molecule has 0 unspecified atom stereocenters. The first-order valence-corrected chi connectivity index (χ1v) is 16.3. The van der Waals surface area contributed by atoms with Gasteiger partial charge in [-0.25, -0.2) is 4.98 Å². The summed E-state index contributed by atoms with van der Waals surface area (Å²) < 4.78 is 0. The molecule has 0 aliphatic rings. The predicted octanol–water partition coefficient (Wildman–Crippen LogP) is 5.58. The van der Waals surface area contributed by atoms with Crippen LogP contribution >= 0.6 is 11.3 Å². The number of benzene rings is 3. The number of thiazole rings is 1. The number of non-ortho nitro benzene ring substituents is 2. The van der Waals surface area contributed by atoms with Crippen LogP contribution < -0.4 is 15.4 Å². The molecule has 0 bridgehead atoms. The summed E-state index contributed by atoms with van der Waals surface area (Å²) in [5.74, 6) is -3.27. The molecule has 1 aromatic heterocycles. The van der Waals surface area contributed by atoms with Gasteiger partial charge in [-0.1, -0.05) is 30.3 Å². The fourth-order valence-corrected chi connectivity index (χ4v) is 5.85. The fourth-order valence-electron chi connectivity index (χ4n) is 4.98. The summed E-state index contributed by atoms with van der Waals surface area (Å²) in [6.45, 7) is 0.784. The van der Waals surface area contributed by atoms with E-state index in [1.54, 1.807) is 37.3 Å². The van der Waals surface area contributed by atoms with Crippen molar-refractivity contribution in [2.45, 2.75) is 32.6 Å². The first-order chi connectivity index (χ1) is 26.0. The maximum atomic E-state index is 12.1. The lowest BCUT2D eigenvalue weighted by Gasteiger charge is -2.31. The number of anilines is 1. The second-order valence-electron chi connectivity index (χ2n) is 11.1. The van der Waals surface area contributed by atoms with Crippen LogP contribution in [0.2, 0.25) is 0 Å². The van der Waals surface area contributed by atoms with Gasteiger partial charge in [-0.05, 0) is 38.2 Å². The van der Waals surface area contributed by atoms with E-state index in [9.17, 15) is 60.7 Å². The van der Waals surface area contributed by atoms with Crippen molar-refractivity contribution >= 4 is 56.6 Å². The first-order valence-electron chi connectivity index (χ1n) is 15.5. The van der Waals surface area contributed by atoms with Gasteiger partial charge in [0.25, 0.3) is 17.3 Å². The highest BCUT2D eigenvalue weighted by atomic mass is 32.1. The topological polar surface area (TPSA) is 347 Å². The molecule has 0 aliphatic carbocycles. The van der Waals surface area contributed by atoms with Gasteiger partial charge >= 0.3 is 34.2 Å². The van der Waals surface area contributed by atoms with E-state index in [4.69, 9.17) is 20.8 Å². The van der Waals surface area contributed by atoms with Crippen molar-refractivity contribution in [3.8, 4) is 11.5 Å². The standard InChI is InChI=1S/C29H27N11O14S/c1-17-25(55-28(30)32-17)10-6-12-34(54-27-23(39(49)50)15-20(36(43)44)16-24(27)40(51)52)29(31)33(11-5-9-18-7-3-2-4-8-18)53-26-21(37(45)46)13-19(35(41)42)14-22(26)38(47)48/h2-4,7-8,13-16,31H,5-6,9-12H2,1H3,(H2,30,32). The molecule has 4 aromatic rings. The van der Waals surface area contributed by atoms with E-state index in [1.807, 2.05) is 0 Å². The number of nitrogen functional groups attached to an aromatic ring is 1. The number of nitrogens with one attached hydrogen (secondary N) is 1. The monoisotopic (exact) mass is 785 g/mol. The third-order valence-corrected chi connectivity index (χ3v) is 8.54. The number of hydrogen-bond acceptors (Lipinski definition) is 18. The van der Waals surface area contributed by atoms with Crippen LogP contribution in [0.1, 0.15) is 29.0 Å². The van der Waals surface area contributed by atoms with Crippen molar-refractivity contribution in [3.05, 3.63) is 131 Å². The number of guanidine groups is 1. The molecule has 0 radical (unpaired) electrons. The minimum absolute atomic E-state index is 0.00904. The Hall–Kier alpha value is -7.64. The molecule has 0 aliphatic heterocycles. The van der Waals surface area contributed by atoms with Gasteiger partial charge in [0.2, 0.25) is 0 Å². The van der Waals surface area contributed by atoms with Crippen molar-refractivity contribution < 1.29 is 39.2 Å². The van der Waals surface area contributed by atoms with Gasteiger partial charge in [-0.3, -0.25) is 66.1 Å². The number of nitrogens with two attached hydrogens (primary N) is 1. The highest BCUT2D eigenvalue weighted by Crippen LogP contribution is 2.43. The quantitative estimate of drug-likeness (QED) is 0.0538. The van der Waals surface area contributed by atoms with E-state index >= 15 is 0 Å². The Kier molecular flexibility index (Phi) is 12.6. The Morgan fingerprint density at radius 3 is 1.44 bits per heavy atom. The van der Waals surface area contributed by atoms with Gasteiger partial charge < -0.3 is 15.4 Å². The molecule has 3 aromatic carbocycles. The van der Waals surface area contributed by atoms with E-state index in [-0.39, 0.29) is 30.8 Å². The van der Waals surface area contributed by atoms with Crippen LogP contribution in [0.15, 0.2) is 54.6 Å². The van der Waals surface area contributed by atoms with Crippen LogP contribution in [0.4, 0.5) is 39.3 Å². The van der Waals surface area contributed by atoms with E-state index in [0.29, 0.717) is 45.0 Å². The molecular weight excluding hydrogens is 758 g/mol. The molecule has 1 heterocycles. The zero-order valence-corrected chi connectivity index (χ0v) is 29.0. The van der Waals surface area contributed by atoms with Gasteiger partial charge in [0.15, 0.2) is 5.13 Å². The fraction of sp³-hybridized carbons (Fsp3) is 0.241. The molecule has 0 saturated heterocycles. The summed E-state index contributed by atoms with van der Waals surface area (Å²) in [5.41, 5.74) is 0.0656. The largest absolute Gasteiger partial charge is 0.375 e. The maximum Gasteiger partial charge on any atom is 0.328 e. The minimum atomic E-state index is -1.25.